The summed E-state index contributed by atoms with van der Waals surface area (Å²) in [6, 6.07) is 168. The molecule has 0 N–H and O–H groups in total. The Morgan fingerprint density at radius 3 is 0.781 bits per heavy atom. The highest BCUT2D eigenvalue weighted by atomic mass is 16.3. The second-order valence-electron chi connectivity index (χ2n) is 38.2. The molecule has 0 atom stereocenters. The maximum atomic E-state index is 6.36. The van der Waals surface area contributed by atoms with E-state index in [-0.39, 0.29) is 16.2 Å². The second kappa shape index (κ2) is 32.7. The molecule has 0 fully saturated rings. The number of para-hydroxylation sites is 5. The molecule has 652 valence electrons. The lowest BCUT2D eigenvalue weighted by Crippen LogP contribution is -2.16. The van der Waals surface area contributed by atoms with Crippen LogP contribution in [0.3, 0.4) is 0 Å². The Morgan fingerprint density at radius 2 is 0.416 bits per heavy atom. The first-order chi connectivity index (χ1) is 67.2. The summed E-state index contributed by atoms with van der Waals surface area (Å²) in [6.07, 6.45) is 0. The van der Waals surface area contributed by atoms with Crippen LogP contribution in [0, 0.1) is 0 Å². The van der Waals surface area contributed by atoms with Crippen LogP contribution in [-0.2, 0) is 16.2 Å². The molecular weight excluding hydrogens is 1660 g/mol. The summed E-state index contributed by atoms with van der Waals surface area (Å²) in [5, 5.41) is 12.2. The molecule has 137 heavy (non-hydrogen) atoms. The van der Waals surface area contributed by atoms with E-state index in [2.05, 4.69) is 505 Å². The van der Waals surface area contributed by atoms with Crippen molar-refractivity contribution in [3.63, 3.8) is 0 Å². The highest BCUT2D eigenvalue weighted by Crippen LogP contribution is 2.59. The van der Waals surface area contributed by atoms with Crippen molar-refractivity contribution < 1.29 is 13.3 Å². The predicted octanol–water partition coefficient (Wildman–Crippen LogP) is 37.1. The van der Waals surface area contributed by atoms with Gasteiger partial charge < -0.3 is 28.0 Å². The molecule has 0 saturated carbocycles. The van der Waals surface area contributed by atoms with Crippen LogP contribution in [0.4, 0.5) is 51.2 Å². The number of hydrogen-bond donors (Lipinski definition) is 0. The number of nitrogens with zero attached hydrogens (tertiary/aromatic N) is 3. The van der Waals surface area contributed by atoms with Gasteiger partial charge in [0.05, 0.1) is 0 Å². The normalized spacial score (nSPS) is 13.2. The SMILES string of the molecule is CC1(C)c2cc(N(c3ccccc3)c3ccc(-c4ccc5ccccc5c4)cc3)ccc2-c2c1ccc1oc3ccccc3c21.CC1(C)c2ccc(N(c3ccc(-c4ccccc4)cc3)c3ccc(-c4ccccc4)cc3)cc2-c2c1ccc1oc3ccccc3c21.CC1(C)c2ccc(N(c3ccccc3)c3ccc(-c4ccc5ccccc5c4)cc3)cc2-c2c1ccc1oc3ccccc3c21. The molecule has 24 aromatic rings. The Bertz CT molecular complexity index is 8750. The first-order valence-corrected chi connectivity index (χ1v) is 47.5. The second-order valence-corrected chi connectivity index (χ2v) is 38.2. The van der Waals surface area contributed by atoms with Crippen molar-refractivity contribution in [2.24, 2.45) is 0 Å². The molecule has 6 nitrogen and oxygen atoms in total. The Balaban J connectivity index is 0.000000109. The first-order valence-electron chi connectivity index (χ1n) is 47.5. The Hall–Kier alpha value is -17.1. The lowest BCUT2D eigenvalue weighted by Gasteiger charge is -2.28. The zero-order valence-electron chi connectivity index (χ0n) is 77.0. The van der Waals surface area contributed by atoms with E-state index >= 15 is 0 Å². The lowest BCUT2D eigenvalue weighted by molar-refractivity contribution is 0.656. The summed E-state index contributed by atoms with van der Waals surface area (Å²) in [5.41, 5.74) is 40.8. The minimum atomic E-state index is -0.157. The molecule has 0 unspecified atom stereocenters. The van der Waals surface area contributed by atoms with Gasteiger partial charge in [0, 0.05) is 99.7 Å². The maximum Gasteiger partial charge on any atom is 0.136 e. The highest BCUT2D eigenvalue weighted by molar-refractivity contribution is 6.18. The van der Waals surface area contributed by atoms with Gasteiger partial charge >= 0.3 is 0 Å². The van der Waals surface area contributed by atoms with Crippen LogP contribution < -0.4 is 14.7 Å². The smallest absolute Gasteiger partial charge is 0.136 e. The van der Waals surface area contributed by atoms with Crippen molar-refractivity contribution >= 4 is 139 Å². The number of benzene rings is 21. The van der Waals surface area contributed by atoms with Gasteiger partial charge in [-0.15, -0.1) is 0 Å². The van der Waals surface area contributed by atoms with Gasteiger partial charge in [0.15, 0.2) is 0 Å². The molecule has 3 aliphatic rings. The third kappa shape index (κ3) is 13.9. The molecule has 3 heterocycles. The van der Waals surface area contributed by atoms with E-state index in [0.29, 0.717) is 0 Å². The van der Waals surface area contributed by atoms with Crippen LogP contribution in [0.25, 0.3) is 165 Å². The van der Waals surface area contributed by atoms with Crippen LogP contribution in [0.15, 0.2) is 480 Å². The fourth-order valence-corrected chi connectivity index (χ4v) is 22.2. The third-order valence-electron chi connectivity index (χ3n) is 29.2. The molecule has 0 radical (unpaired) electrons. The van der Waals surface area contributed by atoms with Crippen LogP contribution in [0.1, 0.15) is 74.9 Å². The first kappa shape index (κ1) is 81.9. The van der Waals surface area contributed by atoms with E-state index in [1.807, 2.05) is 18.2 Å². The fraction of sp³-hybridized carbons (Fsp3) is 0.0687. The largest absolute Gasteiger partial charge is 0.456 e. The maximum absolute atomic E-state index is 6.36. The third-order valence-corrected chi connectivity index (χ3v) is 29.2. The van der Waals surface area contributed by atoms with Gasteiger partial charge in [0.2, 0.25) is 0 Å². The average Bonchev–Trinajstić information content (AvgIpc) is 1.55. The molecule has 3 aromatic heterocycles. The summed E-state index contributed by atoms with van der Waals surface area (Å²) < 4.78 is 19.0. The predicted molar refractivity (Wildman–Crippen MR) is 575 cm³/mol. The van der Waals surface area contributed by atoms with Crippen molar-refractivity contribution in [3.05, 3.63) is 500 Å². The zero-order valence-corrected chi connectivity index (χ0v) is 77.0. The van der Waals surface area contributed by atoms with Gasteiger partial charge in [0.25, 0.3) is 0 Å². The lowest BCUT2D eigenvalue weighted by atomic mass is 9.82. The minimum absolute atomic E-state index is 0.116. The van der Waals surface area contributed by atoms with Gasteiger partial charge in [-0.05, 0) is 291 Å². The molecule has 3 aliphatic carbocycles. The fourth-order valence-electron chi connectivity index (χ4n) is 22.2. The van der Waals surface area contributed by atoms with Gasteiger partial charge in [-0.3, -0.25) is 0 Å². The van der Waals surface area contributed by atoms with Crippen molar-refractivity contribution in [2.75, 3.05) is 14.7 Å². The number of anilines is 9. The molecule has 21 aromatic carbocycles. The van der Waals surface area contributed by atoms with E-state index in [1.165, 1.54) is 165 Å². The van der Waals surface area contributed by atoms with Crippen LogP contribution in [0.2, 0.25) is 0 Å². The van der Waals surface area contributed by atoms with Crippen LogP contribution in [0.5, 0.6) is 0 Å². The van der Waals surface area contributed by atoms with Crippen molar-refractivity contribution in [1.29, 1.82) is 0 Å². The van der Waals surface area contributed by atoms with E-state index in [0.717, 1.165) is 84.7 Å². The Morgan fingerprint density at radius 1 is 0.161 bits per heavy atom. The van der Waals surface area contributed by atoms with Crippen molar-refractivity contribution in [3.8, 4) is 77.9 Å². The van der Waals surface area contributed by atoms with Gasteiger partial charge in [0.1, 0.15) is 33.5 Å². The molecule has 6 heteroatoms. The topological polar surface area (TPSA) is 49.1 Å². The molecular formula is C131H95N3O3. The van der Waals surface area contributed by atoms with Gasteiger partial charge in [-0.2, -0.15) is 0 Å². The summed E-state index contributed by atoms with van der Waals surface area (Å²) >= 11 is 0. The number of rotatable bonds is 13. The number of fused-ring (bicyclic) bond motifs is 23. The van der Waals surface area contributed by atoms with Gasteiger partial charge in [-0.1, -0.05) is 351 Å². The quantitative estimate of drug-likeness (QED) is 0.115. The number of furan rings is 3. The van der Waals surface area contributed by atoms with Crippen molar-refractivity contribution in [2.45, 2.75) is 57.8 Å². The van der Waals surface area contributed by atoms with Gasteiger partial charge in [-0.25, -0.2) is 0 Å². The molecule has 0 bridgehead atoms. The standard InChI is InChI=1S/C45H33NO.2C43H31NO/c1-45(2)39-26-25-36(29-38(39)43-40(45)27-28-42-44(43)37-15-9-10-16-41(37)47-42)46(34-21-17-32(18-22-34)30-11-5-3-6-12-30)35-23-19-33(20-24-35)31-13-7-4-8-14-31;1-43(2)37-24-25-40-42(36-14-8-9-15-39(36)45-40)41(37)35-23-22-34(27-38(35)43)44(32-12-4-3-5-13-32)33-20-18-29(19-21-33)31-17-16-28-10-6-7-11-30(28)26-31;1-43(2)37-23-22-34(27-36(37)41-38(43)24-25-40-42(41)35-14-8-9-15-39(35)45-40)44(32-12-4-3-5-13-32)33-20-18-29(19-21-33)31-17-16-28-10-6-7-11-30(28)26-31/h3-29H,1-2H3;2*3-27H,1-2H3. The highest BCUT2D eigenvalue weighted by Gasteiger charge is 2.42. The Kier molecular flexibility index (Phi) is 19.5. The molecule has 0 spiro atoms. The molecule has 0 amide bonds. The Labute approximate surface area is 797 Å². The summed E-state index contributed by atoms with van der Waals surface area (Å²) in [7, 11) is 0. The number of hydrogen-bond acceptors (Lipinski definition) is 6. The zero-order chi connectivity index (χ0) is 91.8. The van der Waals surface area contributed by atoms with E-state index < -0.39 is 0 Å². The summed E-state index contributed by atoms with van der Waals surface area (Å²) in [4.78, 5) is 7.11. The summed E-state index contributed by atoms with van der Waals surface area (Å²) in [5.74, 6) is 0. The average molecular weight is 1760 g/mol. The molecule has 0 aliphatic heterocycles. The van der Waals surface area contributed by atoms with E-state index in [4.69, 9.17) is 13.3 Å². The van der Waals surface area contributed by atoms with Crippen LogP contribution in [-0.4, -0.2) is 0 Å². The molecule has 0 saturated heterocycles. The van der Waals surface area contributed by atoms with E-state index in [9.17, 15) is 0 Å². The van der Waals surface area contributed by atoms with Crippen LogP contribution >= 0.6 is 0 Å². The monoisotopic (exact) mass is 1760 g/mol. The van der Waals surface area contributed by atoms with E-state index in [1.54, 1.807) is 0 Å². The minimum Gasteiger partial charge on any atom is -0.456 e. The van der Waals surface area contributed by atoms with Crippen molar-refractivity contribution in [1.82, 2.24) is 0 Å². The summed E-state index contributed by atoms with van der Waals surface area (Å²) in [6.45, 7) is 14.1. The molecule has 27 rings (SSSR count).